The Balaban J connectivity index is 2.21. The second kappa shape index (κ2) is 29.4. The number of nitrogens with one attached hydrogen (secondary N) is 1. The molecule has 2 unspecified atom stereocenters. The van der Waals surface area contributed by atoms with Crippen molar-refractivity contribution in [3.8, 4) is 0 Å². The number of aliphatic hydroxyl groups excluding tert-OH is 3. The summed E-state index contributed by atoms with van der Waals surface area (Å²) in [6, 6.07) is -0.972. The average molecular weight is 853 g/mol. The Bertz CT molecular complexity index is 1240. The molecular weight excluding hydrogens is 789 g/mol. The minimum Gasteiger partial charge on any atom is -0.462 e. The number of carbonyl (C=O) groups excluding carboxylic acids is 4. The molecule has 0 spiro atoms. The molecule has 0 aromatic carbocycles. The van der Waals surface area contributed by atoms with Gasteiger partial charge in [-0.25, -0.2) is 6.57 Å². The molecule has 0 aromatic heterocycles. The number of unbranched alkanes of at least 4 members (excludes halogenated alkanes) is 3. The predicted octanol–water partition coefficient (Wildman–Crippen LogP) is 3.81. The zero-order chi connectivity index (χ0) is 42.0. The predicted molar refractivity (Wildman–Crippen MR) is 218 cm³/mol. The van der Waals surface area contributed by atoms with Crippen molar-refractivity contribution in [2.75, 3.05) is 65.7 Å². The van der Waals surface area contributed by atoms with E-state index in [0.717, 1.165) is 25.0 Å². The van der Waals surface area contributed by atoms with Crippen LogP contribution in [0.5, 0.6) is 0 Å². The Hall–Kier alpha value is -1.76. The molecule has 0 saturated carbocycles. The lowest BCUT2D eigenvalue weighted by molar-refractivity contribution is -0.270. The lowest BCUT2D eigenvalue weighted by Crippen LogP contribution is -2.64. The van der Waals surface area contributed by atoms with Gasteiger partial charge in [-0.15, -0.1) is 11.8 Å². The van der Waals surface area contributed by atoms with Crippen molar-refractivity contribution in [1.82, 2.24) is 5.32 Å². The SMILES string of the molecule is [C-]#[N+]C(C)(CCC(=O)CCCOCCOCCC(=O)CCCCCCO[C@@H]1O[C@H](CO)[C@H](O)[C@H](O)[C@H]1NC(C)=O)CC(C)(SC(=S)SCC)C(=O)OCCOC. The van der Waals surface area contributed by atoms with Gasteiger partial charge in [0.25, 0.3) is 0 Å². The first-order chi connectivity index (χ1) is 26.6. The third-order valence-electron chi connectivity index (χ3n) is 8.98. The number of carbonyl (C=O) groups is 4. The lowest BCUT2D eigenvalue weighted by Gasteiger charge is -2.42. The van der Waals surface area contributed by atoms with E-state index in [9.17, 15) is 34.5 Å². The third kappa shape index (κ3) is 21.3. The van der Waals surface area contributed by atoms with Crippen molar-refractivity contribution in [3.05, 3.63) is 11.4 Å². The van der Waals surface area contributed by atoms with Gasteiger partial charge in [0.1, 0.15) is 50.8 Å². The zero-order valence-corrected chi connectivity index (χ0v) is 36.1. The number of amides is 1. The van der Waals surface area contributed by atoms with E-state index in [1.54, 1.807) is 13.8 Å². The van der Waals surface area contributed by atoms with Crippen molar-refractivity contribution in [2.24, 2.45) is 0 Å². The van der Waals surface area contributed by atoms with Crippen LogP contribution in [-0.4, -0.2) is 149 Å². The summed E-state index contributed by atoms with van der Waals surface area (Å²) in [7, 11) is 1.52. The summed E-state index contributed by atoms with van der Waals surface area (Å²) in [5, 5.41) is 32.4. The molecule has 1 saturated heterocycles. The van der Waals surface area contributed by atoms with E-state index in [1.165, 1.54) is 37.6 Å². The first-order valence-electron chi connectivity index (χ1n) is 19.3. The molecule has 4 N–H and O–H groups in total. The van der Waals surface area contributed by atoms with Gasteiger partial charge in [-0.2, -0.15) is 0 Å². The molecule has 1 aliphatic rings. The lowest BCUT2D eigenvalue weighted by atomic mass is 9.85. The highest BCUT2D eigenvalue weighted by Crippen LogP contribution is 2.41. The average Bonchev–Trinajstić information content (AvgIpc) is 3.15. The molecule has 1 rings (SSSR count). The van der Waals surface area contributed by atoms with Gasteiger partial charge in [-0.3, -0.25) is 19.2 Å². The van der Waals surface area contributed by atoms with Gasteiger partial charge >= 0.3 is 5.97 Å². The second-order valence-corrected chi connectivity index (χ2v) is 18.0. The number of Topliss-reactive ketones (excluding diaryl/α,β-unsaturated/α-hetero) is 2. The van der Waals surface area contributed by atoms with E-state index in [1.807, 2.05) is 6.92 Å². The minimum atomic E-state index is -1.36. The maximum atomic E-state index is 13.1. The summed E-state index contributed by atoms with van der Waals surface area (Å²) in [4.78, 5) is 53.3. The van der Waals surface area contributed by atoms with Crippen LogP contribution < -0.4 is 5.32 Å². The van der Waals surface area contributed by atoms with E-state index in [0.29, 0.717) is 68.5 Å². The van der Waals surface area contributed by atoms with Crippen LogP contribution in [0.15, 0.2) is 0 Å². The van der Waals surface area contributed by atoms with Crippen LogP contribution in [0.1, 0.15) is 98.3 Å². The van der Waals surface area contributed by atoms with Crippen LogP contribution in [-0.2, 0) is 47.6 Å². The first-order valence-corrected chi connectivity index (χ1v) is 21.5. The van der Waals surface area contributed by atoms with E-state index in [4.69, 9.17) is 47.2 Å². The summed E-state index contributed by atoms with van der Waals surface area (Å²) in [5.41, 5.74) is -0.965. The number of thioether (sulfide) groups is 2. The third-order valence-corrected chi connectivity index (χ3v) is 11.6. The fourth-order valence-corrected chi connectivity index (χ4v) is 9.07. The molecule has 0 bridgehead atoms. The Kier molecular flexibility index (Phi) is 27.5. The highest BCUT2D eigenvalue weighted by atomic mass is 32.2. The maximum Gasteiger partial charge on any atom is 0.322 e. The van der Waals surface area contributed by atoms with Gasteiger partial charge in [-0.1, -0.05) is 43.7 Å². The van der Waals surface area contributed by atoms with E-state index in [-0.39, 0.29) is 44.2 Å². The van der Waals surface area contributed by atoms with Gasteiger partial charge in [0.05, 0.1) is 39.5 Å². The van der Waals surface area contributed by atoms with Crippen LogP contribution in [0.3, 0.4) is 0 Å². The molecule has 15 nitrogen and oxygen atoms in total. The number of esters is 1. The Morgan fingerprint density at radius 2 is 1.54 bits per heavy atom. The maximum absolute atomic E-state index is 13.1. The van der Waals surface area contributed by atoms with Gasteiger partial charge < -0.3 is 53.9 Å². The molecule has 1 fully saturated rings. The molecular formula is C38H64N2O13S3. The van der Waals surface area contributed by atoms with Crippen LogP contribution in [0.4, 0.5) is 0 Å². The summed E-state index contributed by atoms with van der Waals surface area (Å²) in [6.07, 6.45) is 0.502. The largest absolute Gasteiger partial charge is 0.462 e. The first kappa shape index (κ1) is 52.3. The van der Waals surface area contributed by atoms with E-state index >= 15 is 0 Å². The fourth-order valence-electron chi connectivity index (χ4n) is 5.89. The fraction of sp³-hybridized carbons (Fsp3) is 0.842. The molecule has 1 aliphatic heterocycles. The summed E-state index contributed by atoms with van der Waals surface area (Å²) < 4.78 is 32.3. The van der Waals surface area contributed by atoms with Crippen LogP contribution in [0.25, 0.3) is 4.85 Å². The molecule has 322 valence electrons. The number of ether oxygens (including phenoxy) is 6. The number of hydrogen-bond donors (Lipinski definition) is 4. The standard InChI is InChI=1S/C38H64N2O13S3/c1-7-55-36(54)56-38(4,35(47)52-24-21-48-6)26-37(3,39-5)17-15-28(43)14-12-18-49-22-23-50-20-16-29(44)13-10-8-9-11-19-51-34-31(40-27(2)42)33(46)32(45)30(25-41)53-34/h30-34,41,45-46H,7-26H2,1-4,6H3,(H,40,42)/t30-,31-,32+,33-,34-,37?,38?/m1/s1. The molecule has 0 radical (unpaired) electrons. The number of nitrogens with zero attached hydrogens (tertiary/aromatic N) is 1. The molecule has 0 aromatic rings. The van der Waals surface area contributed by atoms with Crippen molar-refractivity contribution < 1.29 is 62.9 Å². The van der Waals surface area contributed by atoms with Crippen molar-refractivity contribution in [2.45, 2.75) is 139 Å². The summed E-state index contributed by atoms with van der Waals surface area (Å²) in [5.74, 6) is 0.00940. The van der Waals surface area contributed by atoms with Gasteiger partial charge in [0.2, 0.25) is 11.4 Å². The molecule has 7 atom stereocenters. The normalized spacial score (nSPS) is 21.7. The number of thiocarbonyl (C=S) groups is 1. The van der Waals surface area contributed by atoms with E-state index in [2.05, 4.69) is 10.2 Å². The molecule has 18 heteroatoms. The van der Waals surface area contributed by atoms with Gasteiger partial charge in [-0.05, 0) is 31.9 Å². The minimum absolute atomic E-state index is 0.0192. The number of aliphatic hydroxyl groups is 3. The summed E-state index contributed by atoms with van der Waals surface area (Å²) >= 11 is 8.15. The molecule has 56 heavy (non-hydrogen) atoms. The zero-order valence-electron chi connectivity index (χ0n) is 33.6. The Labute approximate surface area is 346 Å². The number of ketones is 2. The van der Waals surface area contributed by atoms with Crippen molar-refractivity contribution in [1.29, 1.82) is 0 Å². The van der Waals surface area contributed by atoms with Crippen molar-refractivity contribution in [3.63, 3.8) is 0 Å². The summed E-state index contributed by atoms with van der Waals surface area (Å²) in [6.45, 7) is 16.1. The van der Waals surface area contributed by atoms with Gasteiger partial charge in [0.15, 0.2) is 6.29 Å². The number of hydrogen-bond acceptors (Lipinski definition) is 16. The molecule has 0 aliphatic carbocycles. The monoisotopic (exact) mass is 852 g/mol. The smallest absolute Gasteiger partial charge is 0.322 e. The van der Waals surface area contributed by atoms with E-state index < -0.39 is 59.4 Å². The quantitative estimate of drug-likeness (QED) is 0.0339. The highest BCUT2D eigenvalue weighted by molar-refractivity contribution is 8.47. The Morgan fingerprint density at radius 1 is 0.875 bits per heavy atom. The Morgan fingerprint density at radius 3 is 2.18 bits per heavy atom. The van der Waals surface area contributed by atoms with Crippen LogP contribution in [0.2, 0.25) is 0 Å². The topological polar surface area (TPSA) is 201 Å². The molecule has 1 amide bonds. The second-order valence-electron chi connectivity index (χ2n) is 14.1. The van der Waals surface area contributed by atoms with Crippen molar-refractivity contribution >= 4 is 62.7 Å². The number of rotatable bonds is 31. The molecule has 1 heterocycles. The number of methoxy groups -OCH3 is 1. The van der Waals surface area contributed by atoms with Crippen LogP contribution >= 0.6 is 35.7 Å². The van der Waals surface area contributed by atoms with Gasteiger partial charge in [0, 0.05) is 66.3 Å². The van der Waals surface area contributed by atoms with Crippen LogP contribution in [0, 0.1) is 6.57 Å². The highest BCUT2D eigenvalue weighted by Gasteiger charge is 2.48.